The number of nitrogens with one attached hydrogen (secondary N) is 2. The van der Waals surface area contributed by atoms with Crippen molar-refractivity contribution in [2.45, 2.75) is 90.8 Å². The van der Waals surface area contributed by atoms with E-state index in [1.807, 2.05) is 47.4 Å². The van der Waals surface area contributed by atoms with Crippen LogP contribution in [0.2, 0.25) is 0 Å². The predicted octanol–water partition coefficient (Wildman–Crippen LogP) is 6.95. The first-order valence-corrected chi connectivity index (χ1v) is 17.9. The van der Waals surface area contributed by atoms with Gasteiger partial charge in [0, 0.05) is 73.5 Å². The Morgan fingerprint density at radius 3 is 2.24 bits per heavy atom. The minimum atomic E-state index is -0.189. The van der Waals surface area contributed by atoms with Crippen LogP contribution < -0.4 is 15.5 Å². The van der Waals surface area contributed by atoms with Gasteiger partial charge in [0.1, 0.15) is 5.00 Å². The highest BCUT2D eigenvalue weighted by Gasteiger charge is 2.36. The maximum absolute atomic E-state index is 13.8. The van der Waals surface area contributed by atoms with Crippen LogP contribution in [0.4, 0.5) is 16.4 Å². The maximum Gasteiger partial charge on any atom is 0.258 e. The van der Waals surface area contributed by atoms with Crippen LogP contribution in [0, 0.1) is 0 Å². The lowest BCUT2D eigenvalue weighted by Gasteiger charge is -2.38. The van der Waals surface area contributed by atoms with Crippen LogP contribution in [0.25, 0.3) is 0 Å². The molecule has 0 unspecified atom stereocenters. The SMILES string of the molecule is CCN(CC)c1ccc(NC(=O)c2c(NC(=O)c3cccc(CN(C4CC4)C4CCN(C(C)=O)CC4)c3)sc3c2CCCC3)cc1. The van der Waals surface area contributed by atoms with E-state index in [1.54, 1.807) is 18.3 Å². The molecule has 1 aliphatic heterocycles. The van der Waals surface area contributed by atoms with Crippen LogP contribution in [0.15, 0.2) is 48.5 Å². The van der Waals surface area contributed by atoms with Crippen molar-refractivity contribution in [2.24, 2.45) is 0 Å². The number of anilines is 3. The van der Waals surface area contributed by atoms with E-state index >= 15 is 0 Å². The minimum Gasteiger partial charge on any atom is -0.372 e. The van der Waals surface area contributed by atoms with Crippen LogP contribution in [-0.4, -0.2) is 65.8 Å². The molecule has 3 aromatic rings. The van der Waals surface area contributed by atoms with Crippen LogP contribution >= 0.6 is 11.3 Å². The monoisotopic (exact) mass is 641 g/mol. The summed E-state index contributed by atoms with van der Waals surface area (Å²) in [6.45, 7) is 10.2. The molecule has 2 N–H and O–H groups in total. The zero-order valence-electron chi connectivity index (χ0n) is 27.4. The first-order valence-electron chi connectivity index (χ1n) is 17.1. The summed E-state index contributed by atoms with van der Waals surface area (Å²) >= 11 is 1.55. The largest absolute Gasteiger partial charge is 0.372 e. The third kappa shape index (κ3) is 7.31. The molecule has 0 bridgehead atoms. The molecule has 0 atom stereocenters. The standard InChI is InChI=1S/C37H47N5O3S/c1-4-40(5-2)29-15-13-28(14-16-29)38-36(45)34-32-11-6-7-12-33(32)46-37(34)39-35(44)27-10-8-9-26(23-27)24-42(30-17-18-30)31-19-21-41(22-20-31)25(3)43/h8-10,13-16,23,30-31H,4-7,11-12,17-22,24H2,1-3H3,(H,38,45)(H,39,44). The van der Waals surface area contributed by atoms with Gasteiger partial charge in [-0.15, -0.1) is 11.3 Å². The fourth-order valence-electron chi connectivity index (χ4n) is 7.10. The molecule has 6 rings (SSSR count). The number of rotatable bonds is 11. The third-order valence-electron chi connectivity index (χ3n) is 9.83. The van der Waals surface area contributed by atoms with E-state index in [0.29, 0.717) is 28.2 Å². The van der Waals surface area contributed by atoms with Gasteiger partial charge in [-0.2, -0.15) is 0 Å². The Balaban J connectivity index is 1.17. The lowest BCUT2D eigenvalue weighted by molar-refractivity contribution is -0.130. The highest BCUT2D eigenvalue weighted by atomic mass is 32.1. The van der Waals surface area contributed by atoms with Gasteiger partial charge >= 0.3 is 0 Å². The molecule has 1 aromatic heterocycles. The molecule has 9 heteroatoms. The predicted molar refractivity (Wildman–Crippen MR) is 187 cm³/mol. The number of benzene rings is 2. The Morgan fingerprint density at radius 1 is 0.870 bits per heavy atom. The Labute approximate surface area is 277 Å². The van der Waals surface area contributed by atoms with Crippen LogP contribution in [-0.2, 0) is 24.2 Å². The maximum atomic E-state index is 13.8. The summed E-state index contributed by atoms with van der Waals surface area (Å²) in [4.78, 5) is 47.4. The molecule has 0 spiro atoms. The number of carbonyl (C=O) groups excluding carboxylic acids is 3. The van der Waals surface area contributed by atoms with Gasteiger partial charge in [0.25, 0.3) is 11.8 Å². The van der Waals surface area contributed by atoms with E-state index in [9.17, 15) is 14.4 Å². The van der Waals surface area contributed by atoms with Gasteiger partial charge in [-0.25, -0.2) is 0 Å². The number of thiophene rings is 1. The van der Waals surface area contributed by atoms with Crippen molar-refractivity contribution in [3.8, 4) is 0 Å². The number of fused-ring (bicyclic) bond motifs is 1. The Kier molecular flexibility index (Phi) is 10.1. The van der Waals surface area contributed by atoms with Gasteiger partial charge in [-0.1, -0.05) is 12.1 Å². The summed E-state index contributed by atoms with van der Waals surface area (Å²) in [5, 5.41) is 6.89. The second-order valence-corrected chi connectivity index (χ2v) is 14.0. The highest BCUT2D eigenvalue weighted by molar-refractivity contribution is 7.17. The van der Waals surface area contributed by atoms with E-state index < -0.39 is 0 Å². The summed E-state index contributed by atoms with van der Waals surface area (Å²) < 4.78 is 0. The Bertz CT molecular complexity index is 1550. The molecule has 1 saturated heterocycles. The molecule has 2 fully saturated rings. The lowest BCUT2D eigenvalue weighted by Crippen LogP contribution is -2.46. The van der Waals surface area contributed by atoms with Crippen LogP contribution in [0.5, 0.6) is 0 Å². The summed E-state index contributed by atoms with van der Waals surface area (Å²) in [5.74, 6) is -0.201. The average molecular weight is 642 g/mol. The summed E-state index contributed by atoms with van der Waals surface area (Å²) in [7, 11) is 0. The van der Waals surface area contributed by atoms with Gasteiger partial charge < -0.3 is 20.4 Å². The smallest absolute Gasteiger partial charge is 0.258 e. The minimum absolute atomic E-state index is 0.159. The molecule has 8 nitrogen and oxygen atoms in total. The molecule has 0 radical (unpaired) electrons. The van der Waals surface area contributed by atoms with E-state index in [-0.39, 0.29) is 17.7 Å². The van der Waals surface area contributed by atoms with E-state index in [1.165, 1.54) is 17.7 Å². The van der Waals surface area contributed by atoms with Crippen LogP contribution in [0.3, 0.4) is 0 Å². The van der Waals surface area contributed by atoms with E-state index in [4.69, 9.17) is 0 Å². The fraction of sp³-hybridized carbons (Fsp3) is 0.486. The molecule has 3 amide bonds. The van der Waals surface area contributed by atoms with Crippen molar-refractivity contribution in [1.82, 2.24) is 9.80 Å². The number of likely N-dealkylation sites (tertiary alicyclic amines) is 1. The van der Waals surface area contributed by atoms with Crippen molar-refractivity contribution >= 4 is 45.4 Å². The molecule has 1 saturated carbocycles. The first-order chi connectivity index (χ1) is 22.3. The Morgan fingerprint density at radius 2 is 1.57 bits per heavy atom. The number of aryl methyl sites for hydroxylation is 1. The highest BCUT2D eigenvalue weighted by Crippen LogP contribution is 2.39. The summed E-state index contributed by atoms with van der Waals surface area (Å²) in [5.41, 5.74) is 5.27. The quantitative estimate of drug-likeness (QED) is 0.237. The van der Waals surface area contributed by atoms with Crippen molar-refractivity contribution in [3.05, 3.63) is 75.7 Å². The number of amides is 3. The molecule has 244 valence electrons. The third-order valence-corrected chi connectivity index (χ3v) is 11.0. The van der Waals surface area contributed by atoms with Gasteiger partial charge in [0.2, 0.25) is 5.91 Å². The fourth-order valence-corrected chi connectivity index (χ4v) is 8.39. The van der Waals surface area contributed by atoms with Gasteiger partial charge in [-0.3, -0.25) is 19.3 Å². The lowest BCUT2D eigenvalue weighted by atomic mass is 9.95. The van der Waals surface area contributed by atoms with E-state index in [0.717, 1.165) is 93.8 Å². The van der Waals surface area contributed by atoms with Crippen molar-refractivity contribution in [2.75, 3.05) is 41.7 Å². The second kappa shape index (κ2) is 14.4. The average Bonchev–Trinajstić information content (AvgIpc) is 3.85. The number of piperidine rings is 1. The number of nitrogens with zero attached hydrogens (tertiary/aromatic N) is 3. The molecule has 2 aromatic carbocycles. The topological polar surface area (TPSA) is 85.0 Å². The number of hydrogen-bond acceptors (Lipinski definition) is 6. The summed E-state index contributed by atoms with van der Waals surface area (Å²) in [6.07, 6.45) is 8.33. The zero-order chi connectivity index (χ0) is 32.2. The molecule has 3 aliphatic rings. The molecule has 46 heavy (non-hydrogen) atoms. The summed E-state index contributed by atoms with van der Waals surface area (Å²) in [6, 6.07) is 16.9. The molecular formula is C37H47N5O3S. The zero-order valence-corrected chi connectivity index (χ0v) is 28.3. The molecule has 2 heterocycles. The van der Waals surface area contributed by atoms with E-state index in [2.05, 4.69) is 40.3 Å². The van der Waals surface area contributed by atoms with Crippen molar-refractivity contribution in [1.29, 1.82) is 0 Å². The van der Waals surface area contributed by atoms with Crippen LogP contribution in [0.1, 0.15) is 96.0 Å². The Hall–Kier alpha value is -3.69. The molecular weight excluding hydrogens is 595 g/mol. The first kappa shape index (κ1) is 32.3. The van der Waals surface area contributed by atoms with Gasteiger partial charge in [0.05, 0.1) is 5.56 Å². The van der Waals surface area contributed by atoms with Crippen molar-refractivity contribution in [3.63, 3.8) is 0 Å². The van der Waals surface area contributed by atoms with Gasteiger partial charge in [0.15, 0.2) is 0 Å². The van der Waals surface area contributed by atoms with Crippen molar-refractivity contribution < 1.29 is 14.4 Å². The normalized spacial score (nSPS) is 16.7. The number of carbonyl (C=O) groups is 3. The van der Waals surface area contributed by atoms with Gasteiger partial charge in [-0.05, 0) is 113 Å². The molecule has 2 aliphatic carbocycles. The number of hydrogen-bond donors (Lipinski definition) is 2. The second-order valence-electron chi connectivity index (χ2n) is 12.9.